The fourth-order valence-electron chi connectivity index (χ4n) is 2.12. The molecule has 6 nitrogen and oxygen atoms in total. The van der Waals surface area contributed by atoms with E-state index >= 15 is 0 Å². The topological polar surface area (TPSA) is 83.1 Å². The molecule has 0 saturated carbocycles. The molecule has 0 bridgehead atoms. The number of halogens is 1. The summed E-state index contributed by atoms with van der Waals surface area (Å²) in [5.74, 6) is 0.399. The molecule has 0 aromatic carbocycles. The fourth-order valence-corrected chi connectivity index (χ4v) is 2.33. The molecule has 1 fully saturated rings. The van der Waals surface area contributed by atoms with Crippen LogP contribution in [0.2, 0.25) is 5.15 Å². The Morgan fingerprint density at radius 1 is 1.52 bits per heavy atom. The lowest BCUT2D eigenvalue weighted by atomic mass is 10.2. The van der Waals surface area contributed by atoms with Crippen LogP contribution in [0.4, 0.5) is 5.82 Å². The van der Waals surface area contributed by atoms with E-state index < -0.39 is 0 Å². The maximum Gasteiger partial charge on any atom is 0.251 e. The lowest BCUT2D eigenvalue weighted by Crippen LogP contribution is -2.38. The van der Waals surface area contributed by atoms with Gasteiger partial charge in [0.05, 0.1) is 0 Å². The second-order valence-electron chi connectivity index (χ2n) is 5.00. The Balaban J connectivity index is 1.94. The molecule has 1 aliphatic rings. The maximum absolute atomic E-state index is 12.1. The predicted octanol–water partition coefficient (Wildman–Crippen LogP) is 1.57. The highest BCUT2D eigenvalue weighted by atomic mass is 35.5. The Labute approximate surface area is 128 Å². The third-order valence-electron chi connectivity index (χ3n) is 3.21. The first-order chi connectivity index (χ1) is 10.1. The van der Waals surface area contributed by atoms with Crippen molar-refractivity contribution in [2.45, 2.75) is 32.2 Å². The van der Waals surface area contributed by atoms with Crippen LogP contribution in [-0.4, -0.2) is 35.9 Å². The smallest absolute Gasteiger partial charge is 0.251 e. The molecule has 2 heterocycles. The molecular formula is C14H19ClN4O2. The zero-order chi connectivity index (χ0) is 15.2. The first-order valence-corrected chi connectivity index (χ1v) is 7.45. The Bertz CT molecular complexity index is 536. The van der Waals surface area contributed by atoms with Gasteiger partial charge in [-0.1, -0.05) is 18.5 Å². The highest BCUT2D eigenvalue weighted by Gasteiger charge is 2.21. The molecule has 1 aromatic rings. The van der Waals surface area contributed by atoms with Crippen LogP contribution in [0, 0.1) is 0 Å². The van der Waals surface area contributed by atoms with Crippen molar-refractivity contribution in [2.75, 3.05) is 18.4 Å². The van der Waals surface area contributed by atoms with Gasteiger partial charge in [0.15, 0.2) is 0 Å². The van der Waals surface area contributed by atoms with Crippen LogP contribution in [0.5, 0.6) is 0 Å². The number of hydrogen-bond acceptors (Lipinski definition) is 4. The Kier molecular flexibility index (Phi) is 5.38. The van der Waals surface area contributed by atoms with E-state index in [4.69, 9.17) is 11.6 Å². The van der Waals surface area contributed by atoms with Crippen molar-refractivity contribution in [3.8, 4) is 0 Å². The number of carbonyl (C=O) groups excluding carboxylic acids is 2. The normalized spacial score (nSPS) is 17.4. The van der Waals surface area contributed by atoms with Crippen LogP contribution < -0.4 is 16.0 Å². The second kappa shape index (κ2) is 7.26. The van der Waals surface area contributed by atoms with Crippen LogP contribution in [0.15, 0.2) is 12.1 Å². The van der Waals surface area contributed by atoms with Gasteiger partial charge >= 0.3 is 0 Å². The van der Waals surface area contributed by atoms with Gasteiger partial charge in [-0.05, 0) is 25.0 Å². The third-order valence-corrected chi connectivity index (χ3v) is 3.40. The second-order valence-corrected chi connectivity index (χ2v) is 5.39. The molecule has 1 unspecified atom stereocenters. The molecule has 1 atom stereocenters. The molecule has 0 radical (unpaired) electrons. The van der Waals surface area contributed by atoms with Crippen LogP contribution in [-0.2, 0) is 4.79 Å². The first kappa shape index (κ1) is 15.6. The van der Waals surface area contributed by atoms with Crippen molar-refractivity contribution in [3.05, 3.63) is 22.8 Å². The minimum absolute atomic E-state index is 0.0106. The van der Waals surface area contributed by atoms with E-state index in [0.717, 1.165) is 19.4 Å². The minimum Gasteiger partial charge on any atom is -0.370 e. The van der Waals surface area contributed by atoms with E-state index in [1.54, 1.807) is 6.07 Å². The molecule has 21 heavy (non-hydrogen) atoms. The number of pyridine rings is 1. The van der Waals surface area contributed by atoms with Crippen molar-refractivity contribution in [1.29, 1.82) is 0 Å². The Morgan fingerprint density at radius 2 is 2.33 bits per heavy atom. The van der Waals surface area contributed by atoms with E-state index in [1.165, 1.54) is 6.07 Å². The van der Waals surface area contributed by atoms with Crippen molar-refractivity contribution in [3.63, 3.8) is 0 Å². The molecule has 0 aliphatic carbocycles. The summed E-state index contributed by atoms with van der Waals surface area (Å²) in [4.78, 5) is 27.3. The lowest BCUT2D eigenvalue weighted by Gasteiger charge is -2.12. The molecule has 1 aromatic heterocycles. The summed E-state index contributed by atoms with van der Waals surface area (Å²) < 4.78 is 0. The summed E-state index contributed by atoms with van der Waals surface area (Å²) in [6.45, 7) is 3.23. The Morgan fingerprint density at radius 3 is 3.00 bits per heavy atom. The fraction of sp³-hybridized carbons (Fsp3) is 0.500. The lowest BCUT2D eigenvalue weighted by molar-refractivity contribution is -0.119. The van der Waals surface area contributed by atoms with Gasteiger partial charge in [0.25, 0.3) is 5.91 Å². The number of aromatic nitrogens is 1. The molecule has 1 saturated heterocycles. The van der Waals surface area contributed by atoms with Gasteiger partial charge in [0, 0.05) is 31.1 Å². The Hall–Kier alpha value is -1.82. The number of rotatable bonds is 6. The standard InChI is InChI=1S/C14H19ClN4O2/c1-2-5-16-12-7-9(6-11(15)19-12)14(21)17-8-10-3-4-13(20)18-10/h6-7,10H,2-5,8H2,1H3,(H,16,19)(H,17,21)(H,18,20). The largest absolute Gasteiger partial charge is 0.370 e. The average molecular weight is 311 g/mol. The number of hydrogen-bond donors (Lipinski definition) is 3. The van der Waals surface area contributed by atoms with Crippen LogP contribution >= 0.6 is 11.6 Å². The summed E-state index contributed by atoms with van der Waals surface area (Å²) in [6.07, 6.45) is 2.23. The van der Waals surface area contributed by atoms with Gasteiger partial charge in [-0.2, -0.15) is 0 Å². The van der Waals surface area contributed by atoms with E-state index in [1.807, 2.05) is 6.92 Å². The molecule has 3 N–H and O–H groups in total. The molecule has 2 amide bonds. The summed E-state index contributed by atoms with van der Waals surface area (Å²) in [7, 11) is 0. The summed E-state index contributed by atoms with van der Waals surface area (Å²) in [6, 6.07) is 3.21. The number of carbonyl (C=O) groups is 2. The zero-order valence-electron chi connectivity index (χ0n) is 11.9. The molecular weight excluding hydrogens is 292 g/mol. The minimum atomic E-state index is -0.222. The summed E-state index contributed by atoms with van der Waals surface area (Å²) >= 11 is 5.93. The van der Waals surface area contributed by atoms with E-state index in [-0.39, 0.29) is 23.0 Å². The summed E-state index contributed by atoms with van der Waals surface area (Å²) in [5, 5.41) is 8.99. The monoisotopic (exact) mass is 310 g/mol. The number of nitrogens with zero attached hydrogens (tertiary/aromatic N) is 1. The van der Waals surface area contributed by atoms with Crippen molar-refractivity contribution in [1.82, 2.24) is 15.6 Å². The molecule has 2 rings (SSSR count). The highest BCUT2D eigenvalue weighted by molar-refractivity contribution is 6.29. The van der Waals surface area contributed by atoms with Crippen molar-refractivity contribution in [2.24, 2.45) is 0 Å². The van der Waals surface area contributed by atoms with Crippen molar-refractivity contribution >= 4 is 29.2 Å². The quantitative estimate of drug-likeness (QED) is 0.696. The number of amides is 2. The zero-order valence-corrected chi connectivity index (χ0v) is 12.7. The molecule has 0 spiro atoms. The van der Waals surface area contributed by atoms with Gasteiger partial charge in [-0.15, -0.1) is 0 Å². The SMILES string of the molecule is CCCNc1cc(C(=O)NCC2CCC(=O)N2)cc(Cl)n1. The van der Waals surface area contributed by atoms with Gasteiger partial charge < -0.3 is 16.0 Å². The first-order valence-electron chi connectivity index (χ1n) is 7.07. The van der Waals surface area contributed by atoms with Gasteiger partial charge in [-0.3, -0.25) is 9.59 Å². The highest BCUT2D eigenvalue weighted by Crippen LogP contribution is 2.15. The molecule has 114 valence electrons. The summed E-state index contributed by atoms with van der Waals surface area (Å²) in [5.41, 5.74) is 0.456. The van der Waals surface area contributed by atoms with Crippen LogP contribution in [0.25, 0.3) is 0 Å². The number of nitrogens with one attached hydrogen (secondary N) is 3. The third kappa shape index (κ3) is 4.60. The average Bonchev–Trinajstić information content (AvgIpc) is 2.87. The van der Waals surface area contributed by atoms with E-state index in [2.05, 4.69) is 20.9 Å². The van der Waals surface area contributed by atoms with E-state index in [0.29, 0.717) is 24.3 Å². The van der Waals surface area contributed by atoms with Gasteiger partial charge in [-0.25, -0.2) is 4.98 Å². The predicted molar refractivity (Wildman–Crippen MR) is 81.5 cm³/mol. The van der Waals surface area contributed by atoms with Crippen molar-refractivity contribution < 1.29 is 9.59 Å². The molecule has 1 aliphatic heterocycles. The van der Waals surface area contributed by atoms with Gasteiger partial charge in [0.2, 0.25) is 5.91 Å². The van der Waals surface area contributed by atoms with E-state index in [9.17, 15) is 9.59 Å². The van der Waals surface area contributed by atoms with Gasteiger partial charge in [0.1, 0.15) is 11.0 Å². The van der Waals surface area contributed by atoms with Crippen LogP contribution in [0.3, 0.4) is 0 Å². The number of anilines is 1. The molecule has 7 heteroatoms. The van der Waals surface area contributed by atoms with Crippen LogP contribution in [0.1, 0.15) is 36.5 Å². The maximum atomic E-state index is 12.1.